The minimum absolute atomic E-state index is 0.490. The number of hydrogen-bond acceptors (Lipinski definition) is 4. The summed E-state index contributed by atoms with van der Waals surface area (Å²) < 4.78 is 19.7. The second kappa shape index (κ2) is 9.11. The second-order valence-corrected chi connectivity index (χ2v) is 26.2. The van der Waals surface area contributed by atoms with Gasteiger partial charge in [-0.3, -0.25) is 5.32 Å². The Hall–Kier alpha value is -0.242. The van der Waals surface area contributed by atoms with Crippen LogP contribution in [0.4, 0.5) is 4.79 Å². The number of carboxylic acid groups (broad SMARTS) is 1. The lowest BCUT2D eigenvalue weighted by Crippen LogP contribution is -2.60. The molecule has 0 aromatic carbocycles. The molecule has 0 spiro atoms. The molecule has 0 rings (SSSR count). The largest absolute Gasteiger partial charge is 0.469 e. The molecule has 0 radical (unpaired) electrons. The van der Waals surface area contributed by atoms with Gasteiger partial charge in [0, 0.05) is 11.7 Å². The fourth-order valence-corrected chi connectivity index (χ4v) is 17.0. The van der Waals surface area contributed by atoms with Gasteiger partial charge in [-0.15, -0.1) is 0 Å². The van der Waals surface area contributed by atoms with Crippen molar-refractivity contribution in [1.82, 2.24) is 5.32 Å². The van der Waals surface area contributed by atoms with Crippen LogP contribution in [0.25, 0.3) is 0 Å². The number of amides is 1. The van der Waals surface area contributed by atoms with Gasteiger partial charge >= 0.3 is 14.9 Å². The van der Waals surface area contributed by atoms with Crippen molar-refractivity contribution >= 4 is 39.8 Å². The molecule has 0 unspecified atom stereocenters. The monoisotopic (exact) mass is 423 g/mol. The van der Waals surface area contributed by atoms with Crippen LogP contribution in [0.2, 0.25) is 65.0 Å². The predicted molar refractivity (Wildman–Crippen MR) is 113 cm³/mol. The van der Waals surface area contributed by atoms with E-state index in [9.17, 15) is 4.79 Å². The zero-order valence-corrected chi connectivity index (χ0v) is 21.4. The summed E-state index contributed by atoms with van der Waals surface area (Å²) in [4.78, 5) is 10.7. The highest BCUT2D eigenvalue weighted by molar-refractivity contribution is 6.90. The second-order valence-electron chi connectivity index (χ2n) is 9.21. The standard InChI is InChI=1S/C15H37NO5Si4/c1-14(16-15(17)18)12-11-13-25(19-22(2,3)4,20-23(5,6)7)21-24(8,9)10/h16H,1,11-13H2,2-10H3,(H,17,18). The van der Waals surface area contributed by atoms with Crippen LogP contribution < -0.4 is 5.32 Å². The average molecular weight is 424 g/mol. The maximum Gasteiger partial charge on any atom is 0.469 e. The fourth-order valence-electron chi connectivity index (χ4n) is 2.35. The van der Waals surface area contributed by atoms with Crippen LogP contribution in [0.5, 0.6) is 0 Å². The Morgan fingerprint density at radius 3 is 1.52 bits per heavy atom. The van der Waals surface area contributed by atoms with E-state index in [1.807, 2.05) is 0 Å². The Morgan fingerprint density at radius 2 is 1.24 bits per heavy atom. The van der Waals surface area contributed by atoms with Crippen molar-refractivity contribution in [3.05, 3.63) is 12.3 Å². The van der Waals surface area contributed by atoms with Crippen LogP contribution in [0.3, 0.4) is 0 Å². The molecule has 0 aliphatic heterocycles. The van der Waals surface area contributed by atoms with Crippen LogP contribution in [-0.4, -0.2) is 45.0 Å². The van der Waals surface area contributed by atoms with E-state index in [0.29, 0.717) is 18.2 Å². The van der Waals surface area contributed by atoms with Crippen molar-refractivity contribution in [2.45, 2.75) is 77.8 Å². The highest BCUT2D eigenvalue weighted by atomic mass is 28.5. The van der Waals surface area contributed by atoms with E-state index in [0.717, 1.165) is 6.42 Å². The first-order valence-electron chi connectivity index (χ1n) is 8.71. The van der Waals surface area contributed by atoms with Crippen molar-refractivity contribution in [1.29, 1.82) is 0 Å². The number of carbonyl (C=O) groups is 1. The van der Waals surface area contributed by atoms with Crippen molar-refractivity contribution in [2.75, 3.05) is 0 Å². The Balaban J connectivity index is 5.36. The van der Waals surface area contributed by atoms with Gasteiger partial charge < -0.3 is 17.5 Å². The molecule has 0 atom stereocenters. The predicted octanol–water partition coefficient (Wildman–Crippen LogP) is 5.04. The molecular formula is C15H37NO5Si4. The molecule has 0 aliphatic carbocycles. The van der Waals surface area contributed by atoms with Gasteiger partial charge in [-0.2, -0.15) is 0 Å². The molecule has 25 heavy (non-hydrogen) atoms. The Bertz CT molecular complexity index is 425. The summed E-state index contributed by atoms with van der Waals surface area (Å²) in [6.45, 7) is 23.1. The Kier molecular flexibility index (Phi) is 9.02. The molecule has 0 saturated heterocycles. The number of nitrogens with one attached hydrogen (secondary N) is 1. The molecule has 0 aromatic heterocycles. The summed E-state index contributed by atoms with van der Waals surface area (Å²) in [5.74, 6) is 0. The zero-order valence-electron chi connectivity index (χ0n) is 17.4. The lowest BCUT2D eigenvalue weighted by molar-refractivity contribution is 0.197. The first-order chi connectivity index (χ1) is 10.9. The molecule has 0 aromatic rings. The van der Waals surface area contributed by atoms with Crippen LogP contribution in [-0.2, 0) is 12.3 Å². The minimum Gasteiger partial charge on any atom is -0.465 e. The van der Waals surface area contributed by atoms with E-state index in [2.05, 4.69) is 70.8 Å². The molecule has 6 nitrogen and oxygen atoms in total. The van der Waals surface area contributed by atoms with Gasteiger partial charge in [0.15, 0.2) is 25.0 Å². The number of hydrogen-bond donors (Lipinski definition) is 2. The van der Waals surface area contributed by atoms with E-state index in [4.69, 9.17) is 17.5 Å². The third-order valence-electron chi connectivity index (χ3n) is 2.63. The molecule has 0 fully saturated rings. The highest BCUT2D eigenvalue weighted by Crippen LogP contribution is 2.30. The van der Waals surface area contributed by atoms with Crippen LogP contribution >= 0.6 is 0 Å². The van der Waals surface area contributed by atoms with Gasteiger partial charge in [-0.25, -0.2) is 4.79 Å². The maximum atomic E-state index is 10.7. The molecule has 0 heterocycles. The van der Waals surface area contributed by atoms with Gasteiger partial charge in [0.25, 0.3) is 0 Å². The van der Waals surface area contributed by atoms with Gasteiger partial charge in [0.05, 0.1) is 0 Å². The molecule has 1 amide bonds. The summed E-state index contributed by atoms with van der Waals surface area (Å²) in [6, 6.07) is 0.687. The van der Waals surface area contributed by atoms with E-state index < -0.39 is 39.8 Å². The topological polar surface area (TPSA) is 77.0 Å². The summed E-state index contributed by atoms with van der Waals surface area (Å²) in [7, 11) is -8.45. The molecule has 2 N–H and O–H groups in total. The summed E-state index contributed by atoms with van der Waals surface area (Å²) in [5, 5.41) is 11.1. The van der Waals surface area contributed by atoms with Gasteiger partial charge in [-0.1, -0.05) is 6.58 Å². The quantitative estimate of drug-likeness (QED) is 0.455. The van der Waals surface area contributed by atoms with E-state index in [1.54, 1.807) is 0 Å². The van der Waals surface area contributed by atoms with Crippen molar-refractivity contribution < 1.29 is 22.2 Å². The first-order valence-corrected chi connectivity index (χ1v) is 20.9. The number of allylic oxidation sites excluding steroid dienone is 1. The Morgan fingerprint density at radius 1 is 0.880 bits per heavy atom. The summed E-state index contributed by atoms with van der Waals surface area (Å²) >= 11 is 0. The number of rotatable bonds is 11. The molecule has 0 saturated carbocycles. The molecule has 0 aliphatic rings. The van der Waals surface area contributed by atoms with E-state index >= 15 is 0 Å². The van der Waals surface area contributed by atoms with Crippen molar-refractivity contribution in [2.24, 2.45) is 0 Å². The lowest BCUT2D eigenvalue weighted by Gasteiger charge is -2.43. The SMILES string of the molecule is C=C(CCC[Si](O[Si](C)(C)C)(O[Si](C)(C)C)O[Si](C)(C)C)NC(=O)O. The van der Waals surface area contributed by atoms with Crippen LogP contribution in [0.15, 0.2) is 12.3 Å². The zero-order chi connectivity index (χ0) is 20.1. The molecular weight excluding hydrogens is 387 g/mol. The summed E-state index contributed by atoms with van der Waals surface area (Å²) in [5.41, 5.74) is 0.490. The summed E-state index contributed by atoms with van der Waals surface area (Å²) in [6.07, 6.45) is 0.203. The highest BCUT2D eigenvalue weighted by Gasteiger charge is 2.49. The van der Waals surface area contributed by atoms with Crippen molar-refractivity contribution in [3.63, 3.8) is 0 Å². The van der Waals surface area contributed by atoms with Gasteiger partial charge in [-0.05, 0) is 71.8 Å². The smallest absolute Gasteiger partial charge is 0.465 e. The Labute approximate surface area is 157 Å². The molecule has 10 heteroatoms. The van der Waals surface area contributed by atoms with E-state index in [-0.39, 0.29) is 0 Å². The van der Waals surface area contributed by atoms with Gasteiger partial charge in [0.1, 0.15) is 0 Å². The lowest BCUT2D eigenvalue weighted by atomic mass is 10.3. The van der Waals surface area contributed by atoms with Crippen molar-refractivity contribution in [3.8, 4) is 0 Å². The third-order valence-corrected chi connectivity index (χ3v) is 14.7. The van der Waals surface area contributed by atoms with E-state index in [1.165, 1.54) is 0 Å². The van der Waals surface area contributed by atoms with Crippen LogP contribution in [0, 0.1) is 0 Å². The minimum atomic E-state index is -2.84. The third kappa shape index (κ3) is 13.6. The van der Waals surface area contributed by atoms with Crippen LogP contribution in [0.1, 0.15) is 12.8 Å². The van der Waals surface area contributed by atoms with Gasteiger partial charge in [0.2, 0.25) is 0 Å². The average Bonchev–Trinajstić information content (AvgIpc) is 2.18. The molecule has 148 valence electrons. The molecule has 0 bridgehead atoms. The maximum absolute atomic E-state index is 10.7. The normalized spacial score (nSPS) is 13.6. The first kappa shape index (κ1) is 24.8. The fraction of sp³-hybridized carbons (Fsp3) is 0.800.